The van der Waals surface area contributed by atoms with Gasteiger partial charge in [-0.3, -0.25) is 0 Å². The zero-order valence-corrected chi connectivity index (χ0v) is 8.86. The Hall–Kier alpha value is -0.0800. The van der Waals surface area contributed by atoms with Gasteiger partial charge < -0.3 is 9.96 Å². The summed E-state index contributed by atoms with van der Waals surface area (Å²) in [7, 11) is 0. The maximum absolute atomic E-state index is 1.67. The van der Waals surface area contributed by atoms with Crippen LogP contribution < -0.4 is 0 Å². The number of quaternary nitrogens is 1. The van der Waals surface area contributed by atoms with E-state index in [1.165, 1.54) is 0 Å². The minimum atomic E-state index is 0. The molecule has 1 N–H and O–H groups in total. The summed E-state index contributed by atoms with van der Waals surface area (Å²) in [5.41, 5.74) is 0. The molecule has 4 rings (SSSR count). The molecule has 0 radical (unpaired) electrons. The highest BCUT2D eigenvalue weighted by molar-refractivity contribution is 4.97. The summed E-state index contributed by atoms with van der Waals surface area (Å²) < 4.78 is 1.67. The normalized spacial score (nSPS) is 32.6. The molecule has 2 nitrogen and oxygen atoms in total. The van der Waals surface area contributed by atoms with Crippen molar-refractivity contribution >= 4 is 0 Å². The predicted molar refractivity (Wildman–Crippen MR) is 54.3 cm³/mol. The van der Waals surface area contributed by atoms with Gasteiger partial charge >= 0.3 is 0 Å². The van der Waals surface area contributed by atoms with Crippen LogP contribution in [0.2, 0.25) is 0 Å². The first-order valence-electron chi connectivity index (χ1n) is 6.30. The van der Waals surface area contributed by atoms with Crippen molar-refractivity contribution < 1.29 is 9.96 Å². The number of nitrogens with zero attached hydrogens (tertiary/aromatic N) is 1. The first-order chi connectivity index (χ1) is 6.42. The Balaban J connectivity index is 0.000000640. The fourth-order valence-electron chi connectivity index (χ4n) is 3.88. The van der Waals surface area contributed by atoms with Crippen LogP contribution in [-0.2, 0) is 0 Å². The summed E-state index contributed by atoms with van der Waals surface area (Å²) >= 11 is 0. The lowest BCUT2D eigenvalue weighted by molar-refractivity contribution is -0.968. The van der Waals surface area contributed by atoms with Crippen LogP contribution in [0.3, 0.4) is 0 Å². The third-order valence-corrected chi connectivity index (χ3v) is 4.72. The lowest BCUT2D eigenvalue weighted by atomic mass is 10.2. The summed E-state index contributed by atoms with van der Waals surface area (Å²) in [5.74, 6) is 0. The fraction of sp³-hybridized carbons (Fsp3) is 1.00. The molecule has 4 aliphatic rings. The van der Waals surface area contributed by atoms with E-state index in [1.54, 1.807) is 55.8 Å². The molecular formula is C12H21NO. The van der Waals surface area contributed by atoms with Gasteiger partial charge in [0.25, 0.3) is 0 Å². The lowest BCUT2D eigenvalue weighted by Crippen LogP contribution is -2.55. The van der Waals surface area contributed by atoms with E-state index in [4.69, 9.17) is 0 Å². The van der Waals surface area contributed by atoms with Crippen molar-refractivity contribution in [2.75, 3.05) is 0 Å². The first-order valence-corrected chi connectivity index (χ1v) is 6.30. The van der Waals surface area contributed by atoms with E-state index >= 15 is 0 Å². The van der Waals surface area contributed by atoms with Gasteiger partial charge in [0.05, 0.1) is 24.2 Å². The lowest BCUT2D eigenvalue weighted by Gasteiger charge is -2.41. The predicted octanol–water partition coefficient (Wildman–Crippen LogP) is 2.28. The second kappa shape index (κ2) is 2.73. The standard InChI is InChI=1S/C12H20N.H2O/c1-2-9(1)13(10-3-4-10,11-5-6-11)12-7-8-12;/h9-12H,1-8H2;1H2/q+1;/p-1. The summed E-state index contributed by atoms with van der Waals surface area (Å²) in [6, 6.07) is 4.58. The SMILES string of the molecule is C1CC1[N+](C1CC1)(C1CC1)C1CC1.[OH-]. The van der Waals surface area contributed by atoms with Crippen molar-refractivity contribution in [3.63, 3.8) is 0 Å². The van der Waals surface area contributed by atoms with E-state index in [1.807, 2.05) is 0 Å². The Bertz CT molecular complexity index is 183. The molecule has 0 spiro atoms. The minimum absolute atomic E-state index is 0. The maximum atomic E-state index is 1.67. The third kappa shape index (κ3) is 1.10. The second-order valence-corrected chi connectivity index (χ2v) is 5.82. The number of hydrogen-bond donors (Lipinski definition) is 0. The van der Waals surface area contributed by atoms with Crippen LogP contribution in [0.1, 0.15) is 51.4 Å². The van der Waals surface area contributed by atoms with Crippen LogP contribution in [0, 0.1) is 0 Å². The van der Waals surface area contributed by atoms with Gasteiger partial charge in [0, 0.05) is 51.4 Å². The second-order valence-electron chi connectivity index (χ2n) is 5.82. The van der Waals surface area contributed by atoms with Crippen LogP contribution in [0.4, 0.5) is 0 Å². The first kappa shape index (κ1) is 9.17. The highest BCUT2D eigenvalue weighted by Gasteiger charge is 2.66. The van der Waals surface area contributed by atoms with Gasteiger partial charge in [0.15, 0.2) is 0 Å². The molecule has 0 aliphatic heterocycles. The van der Waals surface area contributed by atoms with E-state index in [0.717, 1.165) is 24.2 Å². The molecule has 14 heavy (non-hydrogen) atoms. The molecule has 0 aromatic rings. The zero-order valence-electron chi connectivity index (χ0n) is 8.86. The summed E-state index contributed by atoms with van der Waals surface area (Å²) in [4.78, 5) is 0. The van der Waals surface area contributed by atoms with Crippen LogP contribution >= 0.6 is 0 Å². The third-order valence-electron chi connectivity index (χ3n) is 4.72. The van der Waals surface area contributed by atoms with E-state index in [0.29, 0.717) is 0 Å². The van der Waals surface area contributed by atoms with E-state index in [-0.39, 0.29) is 5.48 Å². The van der Waals surface area contributed by atoms with Crippen LogP contribution in [0.25, 0.3) is 0 Å². The summed E-state index contributed by atoms with van der Waals surface area (Å²) in [6.45, 7) is 0. The van der Waals surface area contributed by atoms with Crippen molar-refractivity contribution in [1.82, 2.24) is 0 Å². The van der Waals surface area contributed by atoms with Crippen LogP contribution in [0.5, 0.6) is 0 Å². The molecule has 0 bridgehead atoms. The van der Waals surface area contributed by atoms with Gasteiger partial charge in [0.2, 0.25) is 0 Å². The Labute approximate surface area is 86.2 Å². The highest BCUT2D eigenvalue weighted by atomic mass is 16.0. The van der Waals surface area contributed by atoms with Gasteiger partial charge in [-0.05, 0) is 0 Å². The molecular weight excluding hydrogens is 174 g/mol. The van der Waals surface area contributed by atoms with Crippen molar-refractivity contribution in [3.05, 3.63) is 0 Å². The Morgan fingerprint density at radius 3 is 0.857 bits per heavy atom. The Morgan fingerprint density at radius 2 is 0.714 bits per heavy atom. The molecule has 0 aromatic carbocycles. The maximum Gasteiger partial charge on any atom is 0.0901 e. The molecule has 4 fully saturated rings. The molecule has 0 saturated heterocycles. The van der Waals surface area contributed by atoms with Gasteiger partial charge in [-0.2, -0.15) is 0 Å². The number of hydrogen-bond acceptors (Lipinski definition) is 1. The topological polar surface area (TPSA) is 30.0 Å². The molecule has 0 unspecified atom stereocenters. The van der Waals surface area contributed by atoms with E-state index < -0.39 is 0 Å². The molecule has 4 aliphatic carbocycles. The van der Waals surface area contributed by atoms with E-state index in [2.05, 4.69) is 0 Å². The average molecular weight is 195 g/mol. The fourth-order valence-corrected chi connectivity index (χ4v) is 3.88. The Morgan fingerprint density at radius 1 is 0.500 bits per heavy atom. The highest BCUT2D eigenvalue weighted by Crippen LogP contribution is 2.58. The quantitative estimate of drug-likeness (QED) is 0.633. The molecule has 0 amide bonds. The van der Waals surface area contributed by atoms with Crippen molar-refractivity contribution in [3.8, 4) is 0 Å². The van der Waals surface area contributed by atoms with Gasteiger partial charge in [0.1, 0.15) is 0 Å². The van der Waals surface area contributed by atoms with Gasteiger partial charge in [-0.15, -0.1) is 0 Å². The van der Waals surface area contributed by atoms with Crippen LogP contribution in [0.15, 0.2) is 0 Å². The number of rotatable bonds is 4. The molecule has 4 saturated carbocycles. The molecule has 0 heterocycles. The Kier molecular flexibility index (Phi) is 1.79. The smallest absolute Gasteiger partial charge is 0.0901 e. The monoisotopic (exact) mass is 195 g/mol. The molecule has 2 heteroatoms. The minimum Gasteiger partial charge on any atom is -0.870 e. The summed E-state index contributed by atoms with van der Waals surface area (Å²) in [6.07, 6.45) is 12.6. The van der Waals surface area contributed by atoms with E-state index in [9.17, 15) is 0 Å². The molecule has 80 valence electrons. The average Bonchev–Trinajstić information content (AvgIpc) is 3.00. The molecule has 0 atom stereocenters. The van der Waals surface area contributed by atoms with Crippen molar-refractivity contribution in [2.24, 2.45) is 0 Å². The van der Waals surface area contributed by atoms with Gasteiger partial charge in [-0.1, -0.05) is 0 Å². The summed E-state index contributed by atoms with van der Waals surface area (Å²) in [5, 5.41) is 0. The van der Waals surface area contributed by atoms with Crippen LogP contribution in [-0.4, -0.2) is 34.1 Å². The van der Waals surface area contributed by atoms with Crippen molar-refractivity contribution in [1.29, 1.82) is 0 Å². The van der Waals surface area contributed by atoms with Gasteiger partial charge in [-0.25, -0.2) is 0 Å². The zero-order chi connectivity index (χ0) is 8.47. The largest absolute Gasteiger partial charge is 0.870 e. The van der Waals surface area contributed by atoms with Crippen molar-refractivity contribution in [2.45, 2.75) is 75.5 Å². The molecule has 0 aromatic heterocycles.